The summed E-state index contributed by atoms with van der Waals surface area (Å²) in [6, 6.07) is 6.98. The van der Waals surface area contributed by atoms with E-state index >= 15 is 0 Å². The summed E-state index contributed by atoms with van der Waals surface area (Å²) in [6.45, 7) is 4.79. The van der Waals surface area contributed by atoms with Gasteiger partial charge in [0.15, 0.2) is 0 Å². The second kappa shape index (κ2) is 4.77. The number of aryl methyl sites for hydroxylation is 1. The highest BCUT2D eigenvalue weighted by molar-refractivity contribution is 7.89. The Morgan fingerprint density at radius 2 is 1.78 bits per heavy atom. The van der Waals surface area contributed by atoms with Gasteiger partial charge in [-0.2, -0.15) is 4.31 Å². The van der Waals surface area contributed by atoms with Gasteiger partial charge in [0, 0.05) is 25.4 Å². The summed E-state index contributed by atoms with van der Waals surface area (Å²) < 4.78 is 27.4. The fourth-order valence-corrected chi connectivity index (χ4v) is 5.87. The lowest BCUT2D eigenvalue weighted by Crippen LogP contribution is -2.40. The Hall–Kier alpha value is -1.46. The number of benzene rings is 1. The molecule has 4 rings (SSSR count). The molecule has 5 heteroatoms. The molecule has 1 heterocycles. The molecule has 0 saturated heterocycles. The van der Waals surface area contributed by atoms with Crippen LogP contribution >= 0.6 is 0 Å². The summed E-state index contributed by atoms with van der Waals surface area (Å²) in [6.07, 6.45) is 2.42. The van der Waals surface area contributed by atoms with E-state index in [0.717, 1.165) is 24.0 Å². The summed E-state index contributed by atoms with van der Waals surface area (Å²) in [5.41, 5.74) is 3.19. The molecule has 0 amide bonds. The lowest BCUT2D eigenvalue weighted by Gasteiger charge is -2.33. The normalized spacial score (nSPS) is 26.7. The molecule has 1 atom stereocenters. The first-order chi connectivity index (χ1) is 10.8. The number of Topliss-reactive ketones (excluding diaryl/α,β-unsaturated/α-hetero) is 1. The zero-order valence-electron chi connectivity index (χ0n) is 13.5. The molecule has 2 aliphatic carbocycles. The molecule has 3 aliphatic rings. The minimum atomic E-state index is -3.50. The molecule has 2 saturated carbocycles. The van der Waals surface area contributed by atoms with Crippen molar-refractivity contribution in [1.29, 1.82) is 0 Å². The first-order valence-electron chi connectivity index (χ1n) is 8.15. The molecule has 4 nitrogen and oxygen atoms in total. The third-order valence-corrected chi connectivity index (χ3v) is 7.42. The van der Waals surface area contributed by atoms with Gasteiger partial charge in [-0.15, -0.1) is 0 Å². The van der Waals surface area contributed by atoms with E-state index in [1.807, 2.05) is 26.0 Å². The van der Waals surface area contributed by atoms with E-state index in [1.165, 1.54) is 5.57 Å². The predicted octanol–water partition coefficient (Wildman–Crippen LogP) is 2.69. The monoisotopic (exact) mass is 331 g/mol. The van der Waals surface area contributed by atoms with Crippen molar-refractivity contribution < 1.29 is 13.2 Å². The van der Waals surface area contributed by atoms with E-state index in [-0.39, 0.29) is 11.3 Å². The molecule has 1 aromatic carbocycles. The van der Waals surface area contributed by atoms with Crippen molar-refractivity contribution in [2.45, 2.75) is 38.0 Å². The van der Waals surface area contributed by atoms with Crippen LogP contribution in [0, 0.1) is 18.3 Å². The maximum absolute atomic E-state index is 12.9. The number of hydrogen-bond acceptors (Lipinski definition) is 3. The number of ketones is 1. The van der Waals surface area contributed by atoms with E-state index in [0.29, 0.717) is 30.2 Å². The maximum atomic E-state index is 12.9. The third-order valence-electron chi connectivity index (χ3n) is 5.60. The topological polar surface area (TPSA) is 54.5 Å². The summed E-state index contributed by atoms with van der Waals surface area (Å²) in [5, 5.41) is 0. The van der Waals surface area contributed by atoms with Crippen LogP contribution in [-0.2, 0) is 14.8 Å². The highest BCUT2D eigenvalue weighted by atomic mass is 32.2. The molecule has 1 spiro atoms. The Bertz CT molecular complexity index is 816. The minimum Gasteiger partial charge on any atom is -0.299 e. The van der Waals surface area contributed by atoms with Crippen LogP contribution < -0.4 is 0 Å². The quantitative estimate of drug-likeness (QED) is 0.783. The van der Waals surface area contributed by atoms with Crippen molar-refractivity contribution in [2.24, 2.45) is 11.3 Å². The Kier molecular flexibility index (Phi) is 3.13. The first-order valence-corrected chi connectivity index (χ1v) is 9.59. The molecule has 0 aromatic heterocycles. The Labute approximate surface area is 137 Å². The van der Waals surface area contributed by atoms with Crippen LogP contribution in [0.25, 0.3) is 0 Å². The summed E-state index contributed by atoms with van der Waals surface area (Å²) in [5.74, 6) is 0.408. The predicted molar refractivity (Wildman–Crippen MR) is 87.4 cm³/mol. The zero-order valence-corrected chi connectivity index (χ0v) is 14.3. The lowest BCUT2D eigenvalue weighted by atomic mass is 9.87. The molecule has 1 aromatic rings. The highest BCUT2D eigenvalue weighted by Gasteiger charge is 2.60. The molecular formula is C18H21NO3S. The van der Waals surface area contributed by atoms with Crippen LogP contribution in [0.1, 0.15) is 31.7 Å². The van der Waals surface area contributed by atoms with E-state index in [1.54, 1.807) is 16.4 Å². The van der Waals surface area contributed by atoms with Crippen molar-refractivity contribution in [1.82, 2.24) is 4.31 Å². The number of sulfonamides is 1. The number of carbonyl (C=O) groups is 1. The van der Waals surface area contributed by atoms with E-state index in [4.69, 9.17) is 0 Å². The Morgan fingerprint density at radius 3 is 2.39 bits per heavy atom. The van der Waals surface area contributed by atoms with Crippen LogP contribution in [0.2, 0.25) is 0 Å². The van der Waals surface area contributed by atoms with Crippen LogP contribution in [0.15, 0.2) is 40.3 Å². The molecule has 0 radical (unpaired) electrons. The van der Waals surface area contributed by atoms with Crippen molar-refractivity contribution >= 4 is 15.8 Å². The molecule has 0 bridgehead atoms. The summed E-state index contributed by atoms with van der Waals surface area (Å²) >= 11 is 0. The zero-order chi connectivity index (χ0) is 16.4. The van der Waals surface area contributed by atoms with Gasteiger partial charge in [-0.05, 0) is 38.8 Å². The maximum Gasteiger partial charge on any atom is 0.243 e. The Morgan fingerprint density at radius 1 is 1.13 bits per heavy atom. The molecule has 23 heavy (non-hydrogen) atoms. The number of rotatable bonds is 2. The van der Waals surface area contributed by atoms with Gasteiger partial charge >= 0.3 is 0 Å². The number of nitrogens with zero attached hydrogens (tertiary/aromatic N) is 1. The van der Waals surface area contributed by atoms with E-state index < -0.39 is 10.0 Å². The standard InChI is InChI=1S/C18H21NO3S/c1-12-3-5-15(6-4-12)23(21,22)19-10-13(2)17-14(11-19)9-16(20)18(17)7-8-18/h3-6,14H,7-11H2,1-2H3/t14-/m0/s1. The van der Waals surface area contributed by atoms with Crippen molar-refractivity contribution in [3.05, 3.63) is 41.0 Å². The van der Waals surface area contributed by atoms with Crippen LogP contribution in [0.4, 0.5) is 0 Å². The lowest BCUT2D eigenvalue weighted by molar-refractivity contribution is -0.121. The van der Waals surface area contributed by atoms with Crippen molar-refractivity contribution in [3.8, 4) is 0 Å². The molecule has 122 valence electrons. The fraction of sp³-hybridized carbons (Fsp3) is 0.500. The molecule has 1 aliphatic heterocycles. The fourth-order valence-electron chi connectivity index (χ4n) is 4.35. The SMILES string of the molecule is CC1=C2[C@@H](CC(=O)C23CC3)CN(S(=O)(=O)c2ccc(C)cc2)C1. The van der Waals surface area contributed by atoms with Gasteiger partial charge in [0.05, 0.1) is 10.3 Å². The average molecular weight is 331 g/mol. The largest absolute Gasteiger partial charge is 0.299 e. The van der Waals surface area contributed by atoms with Crippen LogP contribution in [-0.4, -0.2) is 31.6 Å². The minimum absolute atomic E-state index is 0.0824. The highest BCUT2D eigenvalue weighted by Crippen LogP contribution is 2.62. The summed E-state index contributed by atoms with van der Waals surface area (Å²) in [7, 11) is -3.50. The van der Waals surface area contributed by atoms with Gasteiger partial charge < -0.3 is 0 Å². The van der Waals surface area contributed by atoms with Crippen LogP contribution in [0.5, 0.6) is 0 Å². The second-order valence-electron chi connectivity index (χ2n) is 7.21. The van der Waals surface area contributed by atoms with Gasteiger partial charge in [-0.3, -0.25) is 4.79 Å². The van der Waals surface area contributed by atoms with Gasteiger partial charge in [0.2, 0.25) is 10.0 Å². The van der Waals surface area contributed by atoms with Gasteiger partial charge in [0.25, 0.3) is 0 Å². The molecule has 0 N–H and O–H groups in total. The molecule has 0 unspecified atom stereocenters. The number of hydrogen-bond donors (Lipinski definition) is 0. The van der Waals surface area contributed by atoms with Crippen molar-refractivity contribution in [2.75, 3.05) is 13.1 Å². The number of carbonyl (C=O) groups excluding carboxylic acids is 1. The second-order valence-corrected chi connectivity index (χ2v) is 9.15. The van der Waals surface area contributed by atoms with Gasteiger partial charge in [-0.25, -0.2) is 8.42 Å². The molecule has 2 fully saturated rings. The van der Waals surface area contributed by atoms with Gasteiger partial charge in [0.1, 0.15) is 5.78 Å². The van der Waals surface area contributed by atoms with E-state index in [9.17, 15) is 13.2 Å². The molecular weight excluding hydrogens is 310 g/mol. The Balaban J connectivity index is 1.68. The average Bonchev–Trinajstić information content (AvgIpc) is 3.23. The van der Waals surface area contributed by atoms with Crippen molar-refractivity contribution in [3.63, 3.8) is 0 Å². The number of fused-ring (bicyclic) bond motifs is 2. The summed E-state index contributed by atoms with van der Waals surface area (Å²) in [4.78, 5) is 12.7. The first kappa shape index (κ1) is 15.1. The smallest absolute Gasteiger partial charge is 0.243 e. The van der Waals surface area contributed by atoms with Gasteiger partial charge in [-0.1, -0.05) is 28.8 Å². The third kappa shape index (κ3) is 2.13. The van der Waals surface area contributed by atoms with E-state index in [2.05, 4.69) is 0 Å². The van der Waals surface area contributed by atoms with Crippen LogP contribution in [0.3, 0.4) is 0 Å².